The first-order valence-electron chi connectivity index (χ1n) is 5.90. The van der Waals surface area contributed by atoms with Crippen LogP contribution in [0.5, 0.6) is 5.75 Å². The summed E-state index contributed by atoms with van der Waals surface area (Å²) in [6, 6.07) is 7.58. The van der Waals surface area contributed by atoms with Crippen molar-refractivity contribution in [3.8, 4) is 5.75 Å². The fourth-order valence-electron chi connectivity index (χ4n) is 1.92. The molecule has 1 saturated heterocycles. The molecule has 0 aromatic heterocycles. The van der Waals surface area contributed by atoms with Crippen LogP contribution in [0.3, 0.4) is 0 Å². The Labute approximate surface area is 107 Å². The monoisotopic (exact) mass is 251 g/mol. The van der Waals surface area contributed by atoms with Crippen molar-refractivity contribution in [2.45, 2.75) is 25.4 Å². The molecule has 1 fully saturated rings. The molecule has 1 heterocycles. The first-order chi connectivity index (χ1) is 8.27. The van der Waals surface area contributed by atoms with Crippen LogP contribution in [0.25, 0.3) is 0 Å². The van der Waals surface area contributed by atoms with Crippen LogP contribution in [0, 0.1) is 0 Å². The van der Waals surface area contributed by atoms with Crippen LogP contribution in [-0.4, -0.2) is 24.3 Å². The maximum absolute atomic E-state index is 5.75. The third-order valence-corrected chi connectivity index (χ3v) is 3.07. The quantitative estimate of drug-likeness (QED) is 0.834. The van der Waals surface area contributed by atoms with Crippen molar-refractivity contribution in [1.29, 1.82) is 0 Å². The van der Waals surface area contributed by atoms with Crippen molar-refractivity contribution in [3.63, 3.8) is 0 Å². The van der Waals surface area contributed by atoms with Gasteiger partial charge in [0.25, 0.3) is 0 Å². The molecule has 4 heteroatoms. The van der Waals surface area contributed by atoms with E-state index < -0.39 is 0 Å². The predicted molar refractivity (Wildman–Crippen MR) is 71.4 cm³/mol. The normalized spacial score (nSPS) is 19.9. The van der Waals surface area contributed by atoms with E-state index in [2.05, 4.69) is 0 Å². The van der Waals surface area contributed by atoms with Crippen LogP contribution in [-0.2, 0) is 4.74 Å². The Morgan fingerprint density at radius 3 is 2.94 bits per heavy atom. The SMILES string of the molecule is NC(=S)c1ccccc1OCC1CCCCO1. The molecule has 0 radical (unpaired) electrons. The lowest BCUT2D eigenvalue weighted by atomic mass is 10.1. The lowest BCUT2D eigenvalue weighted by Gasteiger charge is -2.23. The number of nitrogens with two attached hydrogens (primary N) is 1. The topological polar surface area (TPSA) is 44.5 Å². The second-order valence-electron chi connectivity index (χ2n) is 4.16. The van der Waals surface area contributed by atoms with Gasteiger partial charge in [-0.25, -0.2) is 0 Å². The summed E-state index contributed by atoms with van der Waals surface area (Å²) in [6.07, 6.45) is 3.63. The molecule has 1 aliphatic rings. The molecule has 0 spiro atoms. The second-order valence-corrected chi connectivity index (χ2v) is 4.60. The van der Waals surface area contributed by atoms with E-state index in [1.54, 1.807) is 0 Å². The maximum atomic E-state index is 5.75. The van der Waals surface area contributed by atoms with E-state index in [4.69, 9.17) is 27.4 Å². The molecule has 0 aliphatic carbocycles. The minimum absolute atomic E-state index is 0.197. The smallest absolute Gasteiger partial charge is 0.129 e. The van der Waals surface area contributed by atoms with Gasteiger partial charge in [0.05, 0.1) is 11.7 Å². The molecule has 1 aliphatic heterocycles. The van der Waals surface area contributed by atoms with E-state index in [-0.39, 0.29) is 6.10 Å². The fraction of sp³-hybridized carbons (Fsp3) is 0.462. The lowest BCUT2D eigenvalue weighted by Crippen LogP contribution is -2.26. The third kappa shape index (κ3) is 3.41. The third-order valence-electron chi connectivity index (χ3n) is 2.85. The van der Waals surface area contributed by atoms with Crippen LogP contribution >= 0.6 is 12.2 Å². The number of hydrogen-bond acceptors (Lipinski definition) is 3. The van der Waals surface area contributed by atoms with Gasteiger partial charge in [-0.1, -0.05) is 24.4 Å². The van der Waals surface area contributed by atoms with Crippen molar-refractivity contribution in [2.24, 2.45) is 5.73 Å². The predicted octanol–water partition coefficient (Wildman–Crippen LogP) is 2.27. The average Bonchev–Trinajstić information content (AvgIpc) is 2.38. The number of para-hydroxylation sites is 1. The highest BCUT2D eigenvalue weighted by molar-refractivity contribution is 7.80. The van der Waals surface area contributed by atoms with Gasteiger partial charge in [0, 0.05) is 6.61 Å². The molecule has 92 valence electrons. The molecule has 0 bridgehead atoms. The molecule has 2 N–H and O–H groups in total. The van der Waals surface area contributed by atoms with Gasteiger partial charge in [-0.05, 0) is 31.4 Å². The van der Waals surface area contributed by atoms with Gasteiger partial charge in [0.2, 0.25) is 0 Å². The highest BCUT2D eigenvalue weighted by Crippen LogP contribution is 2.20. The Morgan fingerprint density at radius 1 is 1.41 bits per heavy atom. The largest absolute Gasteiger partial charge is 0.490 e. The Bertz CT molecular complexity index is 389. The molecule has 0 amide bonds. The van der Waals surface area contributed by atoms with E-state index in [0.717, 1.165) is 30.8 Å². The van der Waals surface area contributed by atoms with E-state index in [1.165, 1.54) is 6.42 Å². The highest BCUT2D eigenvalue weighted by atomic mass is 32.1. The van der Waals surface area contributed by atoms with Crippen molar-refractivity contribution in [2.75, 3.05) is 13.2 Å². The van der Waals surface area contributed by atoms with E-state index in [1.807, 2.05) is 24.3 Å². The Hall–Kier alpha value is -1.13. The summed E-state index contributed by atoms with van der Waals surface area (Å²) in [6.45, 7) is 1.41. The molecule has 1 aromatic carbocycles. The summed E-state index contributed by atoms with van der Waals surface area (Å²) in [5.74, 6) is 0.745. The first kappa shape index (κ1) is 12.3. The first-order valence-corrected chi connectivity index (χ1v) is 6.31. The van der Waals surface area contributed by atoms with Crippen molar-refractivity contribution < 1.29 is 9.47 Å². The molecule has 1 unspecified atom stereocenters. The van der Waals surface area contributed by atoms with Gasteiger partial charge in [-0.3, -0.25) is 0 Å². The van der Waals surface area contributed by atoms with Gasteiger partial charge in [0.1, 0.15) is 17.3 Å². The summed E-state index contributed by atoms with van der Waals surface area (Å²) in [5, 5.41) is 0. The van der Waals surface area contributed by atoms with Gasteiger partial charge in [-0.2, -0.15) is 0 Å². The zero-order valence-electron chi connectivity index (χ0n) is 9.72. The van der Waals surface area contributed by atoms with Crippen molar-refractivity contribution >= 4 is 17.2 Å². The molecular formula is C13H17NO2S. The van der Waals surface area contributed by atoms with E-state index in [0.29, 0.717) is 11.6 Å². The standard InChI is InChI=1S/C13H17NO2S/c14-13(17)11-6-1-2-7-12(11)16-9-10-5-3-4-8-15-10/h1-2,6-7,10H,3-5,8-9H2,(H2,14,17). The number of thiocarbonyl (C=S) groups is 1. The molecule has 1 atom stereocenters. The summed E-state index contributed by atoms with van der Waals surface area (Å²) in [7, 11) is 0. The summed E-state index contributed by atoms with van der Waals surface area (Å²) >= 11 is 4.99. The molecular weight excluding hydrogens is 234 g/mol. The van der Waals surface area contributed by atoms with Crippen molar-refractivity contribution in [1.82, 2.24) is 0 Å². The molecule has 0 saturated carbocycles. The summed E-state index contributed by atoms with van der Waals surface area (Å²) in [4.78, 5) is 0.366. The second kappa shape index (κ2) is 5.98. The molecule has 2 rings (SSSR count). The summed E-state index contributed by atoms with van der Waals surface area (Å²) in [5.41, 5.74) is 6.43. The Morgan fingerprint density at radius 2 is 2.24 bits per heavy atom. The highest BCUT2D eigenvalue weighted by Gasteiger charge is 2.15. The van der Waals surface area contributed by atoms with Gasteiger partial charge >= 0.3 is 0 Å². The van der Waals surface area contributed by atoms with Crippen LogP contribution in [0.2, 0.25) is 0 Å². The average molecular weight is 251 g/mol. The van der Waals surface area contributed by atoms with Crippen LogP contribution in [0.4, 0.5) is 0 Å². The van der Waals surface area contributed by atoms with Crippen molar-refractivity contribution in [3.05, 3.63) is 29.8 Å². The molecule has 3 nitrogen and oxygen atoms in total. The minimum Gasteiger partial charge on any atom is -0.490 e. The Balaban J connectivity index is 1.96. The molecule has 1 aromatic rings. The number of hydrogen-bond donors (Lipinski definition) is 1. The van der Waals surface area contributed by atoms with E-state index >= 15 is 0 Å². The van der Waals surface area contributed by atoms with Crippen LogP contribution in [0.15, 0.2) is 24.3 Å². The van der Waals surface area contributed by atoms with Gasteiger partial charge in [-0.15, -0.1) is 0 Å². The lowest BCUT2D eigenvalue weighted by molar-refractivity contribution is -0.0111. The maximum Gasteiger partial charge on any atom is 0.129 e. The number of benzene rings is 1. The number of ether oxygens (including phenoxy) is 2. The van der Waals surface area contributed by atoms with Gasteiger partial charge < -0.3 is 15.2 Å². The van der Waals surface area contributed by atoms with Crippen LogP contribution in [0.1, 0.15) is 24.8 Å². The Kier molecular flexibility index (Phi) is 4.34. The fourth-order valence-corrected chi connectivity index (χ4v) is 2.09. The van der Waals surface area contributed by atoms with Gasteiger partial charge in [0.15, 0.2) is 0 Å². The summed E-state index contributed by atoms with van der Waals surface area (Å²) < 4.78 is 11.4. The van der Waals surface area contributed by atoms with E-state index in [9.17, 15) is 0 Å². The van der Waals surface area contributed by atoms with Crippen LogP contribution < -0.4 is 10.5 Å². The minimum atomic E-state index is 0.197. The number of rotatable bonds is 4. The zero-order valence-corrected chi connectivity index (χ0v) is 10.5. The zero-order chi connectivity index (χ0) is 12.1. The molecule has 17 heavy (non-hydrogen) atoms.